The largest absolute Gasteiger partial charge is 0.476 e. The minimum atomic E-state index is -1.08. The van der Waals surface area contributed by atoms with Crippen LogP contribution in [0.1, 0.15) is 29.0 Å². The van der Waals surface area contributed by atoms with E-state index in [0.29, 0.717) is 5.82 Å². The van der Waals surface area contributed by atoms with E-state index in [1.165, 1.54) is 12.4 Å². The van der Waals surface area contributed by atoms with Crippen LogP contribution in [0.4, 0.5) is 5.82 Å². The summed E-state index contributed by atoms with van der Waals surface area (Å²) in [4.78, 5) is 18.6. The molecule has 2 rings (SSSR count). The molecule has 1 atom stereocenters. The monoisotopic (exact) mass is 243 g/mol. The number of carboxylic acid groups (broad SMARTS) is 1. The number of hydrogen-bond acceptors (Lipinski definition) is 4. The Morgan fingerprint density at radius 1 is 1.28 bits per heavy atom. The second kappa shape index (κ2) is 5.27. The normalized spacial score (nSPS) is 11.8. The molecule has 0 fully saturated rings. The van der Waals surface area contributed by atoms with Crippen molar-refractivity contribution < 1.29 is 9.90 Å². The molecule has 0 radical (unpaired) electrons. The van der Waals surface area contributed by atoms with Gasteiger partial charge in [-0.15, -0.1) is 0 Å². The molecule has 0 aliphatic heterocycles. The predicted octanol–water partition coefficient (Wildman–Crippen LogP) is 2.35. The lowest BCUT2D eigenvalue weighted by molar-refractivity contribution is 0.0690. The fraction of sp³-hybridized carbons (Fsp3) is 0.154. The Bertz CT molecular complexity index is 543. The molecule has 1 heterocycles. The maximum absolute atomic E-state index is 10.8. The number of aromatic carboxylic acids is 1. The molecule has 0 aliphatic carbocycles. The van der Waals surface area contributed by atoms with Gasteiger partial charge in [-0.2, -0.15) is 0 Å². The van der Waals surface area contributed by atoms with Crippen LogP contribution < -0.4 is 5.32 Å². The Balaban J connectivity index is 2.14. The van der Waals surface area contributed by atoms with Crippen molar-refractivity contribution in [2.24, 2.45) is 0 Å². The van der Waals surface area contributed by atoms with E-state index in [2.05, 4.69) is 15.3 Å². The van der Waals surface area contributed by atoms with Crippen molar-refractivity contribution in [3.63, 3.8) is 0 Å². The van der Waals surface area contributed by atoms with E-state index < -0.39 is 5.97 Å². The van der Waals surface area contributed by atoms with Crippen LogP contribution in [0.5, 0.6) is 0 Å². The Hall–Kier alpha value is -2.43. The molecule has 1 unspecified atom stereocenters. The molecule has 0 saturated heterocycles. The molecule has 2 N–H and O–H groups in total. The van der Waals surface area contributed by atoms with Crippen LogP contribution in [0.15, 0.2) is 42.7 Å². The van der Waals surface area contributed by atoms with Gasteiger partial charge in [-0.1, -0.05) is 30.3 Å². The van der Waals surface area contributed by atoms with Crippen molar-refractivity contribution in [3.8, 4) is 0 Å². The predicted molar refractivity (Wildman–Crippen MR) is 67.5 cm³/mol. The molecule has 2 aromatic rings. The van der Waals surface area contributed by atoms with Gasteiger partial charge in [0, 0.05) is 6.04 Å². The van der Waals surface area contributed by atoms with Crippen LogP contribution in [-0.4, -0.2) is 21.0 Å². The van der Waals surface area contributed by atoms with E-state index in [-0.39, 0.29) is 11.7 Å². The third-order valence-electron chi connectivity index (χ3n) is 2.52. The summed E-state index contributed by atoms with van der Waals surface area (Å²) in [5.74, 6) is -0.634. The molecule has 0 spiro atoms. The van der Waals surface area contributed by atoms with Crippen molar-refractivity contribution >= 4 is 11.8 Å². The van der Waals surface area contributed by atoms with Gasteiger partial charge in [0.05, 0.1) is 12.4 Å². The summed E-state index contributed by atoms with van der Waals surface area (Å²) in [7, 11) is 0. The number of rotatable bonds is 4. The molecule has 5 heteroatoms. The molecule has 0 saturated carbocycles. The first-order valence-corrected chi connectivity index (χ1v) is 5.53. The highest BCUT2D eigenvalue weighted by Crippen LogP contribution is 2.16. The topological polar surface area (TPSA) is 75.1 Å². The third-order valence-corrected chi connectivity index (χ3v) is 2.52. The SMILES string of the molecule is CC(Nc1cncc(C(=O)O)n1)c1ccccc1. The maximum Gasteiger partial charge on any atom is 0.356 e. The fourth-order valence-corrected chi connectivity index (χ4v) is 1.59. The van der Waals surface area contributed by atoms with Gasteiger partial charge in [0.25, 0.3) is 0 Å². The highest BCUT2D eigenvalue weighted by Gasteiger charge is 2.09. The zero-order chi connectivity index (χ0) is 13.0. The molecule has 18 heavy (non-hydrogen) atoms. The molecular formula is C13H13N3O2. The quantitative estimate of drug-likeness (QED) is 0.862. The highest BCUT2D eigenvalue weighted by atomic mass is 16.4. The third kappa shape index (κ3) is 2.82. The van der Waals surface area contributed by atoms with E-state index in [0.717, 1.165) is 5.56 Å². The summed E-state index contributed by atoms with van der Waals surface area (Å²) < 4.78 is 0. The molecule has 5 nitrogen and oxygen atoms in total. The van der Waals surface area contributed by atoms with Crippen LogP contribution in [0.3, 0.4) is 0 Å². The van der Waals surface area contributed by atoms with E-state index in [1.807, 2.05) is 37.3 Å². The minimum absolute atomic E-state index is 0.0320. The van der Waals surface area contributed by atoms with E-state index in [4.69, 9.17) is 5.11 Å². The second-order valence-corrected chi connectivity index (χ2v) is 3.87. The van der Waals surface area contributed by atoms with Gasteiger partial charge in [0.1, 0.15) is 5.82 Å². The van der Waals surface area contributed by atoms with E-state index in [9.17, 15) is 4.79 Å². The van der Waals surface area contributed by atoms with Crippen LogP contribution >= 0.6 is 0 Å². The smallest absolute Gasteiger partial charge is 0.356 e. The van der Waals surface area contributed by atoms with E-state index >= 15 is 0 Å². The minimum Gasteiger partial charge on any atom is -0.476 e. The number of hydrogen-bond donors (Lipinski definition) is 2. The van der Waals surface area contributed by atoms with Crippen molar-refractivity contribution in [2.75, 3.05) is 5.32 Å². The Labute approximate surface area is 105 Å². The molecule has 0 aliphatic rings. The molecule has 0 bridgehead atoms. The Kier molecular flexibility index (Phi) is 3.52. The number of anilines is 1. The first-order chi connectivity index (χ1) is 8.66. The van der Waals surface area contributed by atoms with Gasteiger partial charge in [0.15, 0.2) is 5.69 Å². The number of nitrogens with one attached hydrogen (secondary N) is 1. The molecular weight excluding hydrogens is 230 g/mol. The lowest BCUT2D eigenvalue weighted by Gasteiger charge is -2.14. The highest BCUT2D eigenvalue weighted by molar-refractivity contribution is 5.85. The second-order valence-electron chi connectivity index (χ2n) is 3.87. The van der Waals surface area contributed by atoms with Crippen LogP contribution in [0.25, 0.3) is 0 Å². The standard InChI is InChI=1S/C13H13N3O2/c1-9(10-5-3-2-4-6-10)15-12-8-14-7-11(16-12)13(17)18/h2-9H,1H3,(H,15,16)(H,17,18). The summed E-state index contributed by atoms with van der Waals surface area (Å²) >= 11 is 0. The van der Waals surface area contributed by atoms with Crippen LogP contribution in [0.2, 0.25) is 0 Å². The average molecular weight is 243 g/mol. The summed E-state index contributed by atoms with van der Waals surface area (Å²) in [5.41, 5.74) is 1.03. The molecule has 1 aromatic carbocycles. The Morgan fingerprint density at radius 2 is 2.00 bits per heavy atom. The molecule has 92 valence electrons. The number of benzene rings is 1. The number of carboxylic acids is 1. The van der Waals surface area contributed by atoms with Crippen LogP contribution in [0, 0.1) is 0 Å². The van der Waals surface area contributed by atoms with Crippen LogP contribution in [-0.2, 0) is 0 Å². The average Bonchev–Trinajstić information content (AvgIpc) is 2.40. The number of aromatic nitrogens is 2. The summed E-state index contributed by atoms with van der Waals surface area (Å²) in [6, 6.07) is 9.86. The van der Waals surface area contributed by atoms with Gasteiger partial charge in [0.2, 0.25) is 0 Å². The van der Waals surface area contributed by atoms with Crippen molar-refractivity contribution in [2.45, 2.75) is 13.0 Å². The Morgan fingerprint density at radius 3 is 2.67 bits per heavy atom. The maximum atomic E-state index is 10.8. The van der Waals surface area contributed by atoms with Crippen molar-refractivity contribution in [3.05, 3.63) is 54.0 Å². The summed E-state index contributed by atoms with van der Waals surface area (Å²) in [6.07, 6.45) is 2.73. The van der Waals surface area contributed by atoms with Gasteiger partial charge in [-0.3, -0.25) is 4.98 Å². The number of nitrogens with zero attached hydrogens (tertiary/aromatic N) is 2. The summed E-state index contributed by atoms with van der Waals surface area (Å²) in [6.45, 7) is 1.98. The zero-order valence-corrected chi connectivity index (χ0v) is 9.87. The molecule has 1 aromatic heterocycles. The molecule has 0 amide bonds. The van der Waals surface area contributed by atoms with E-state index in [1.54, 1.807) is 0 Å². The van der Waals surface area contributed by atoms with Gasteiger partial charge in [-0.25, -0.2) is 9.78 Å². The zero-order valence-electron chi connectivity index (χ0n) is 9.87. The summed E-state index contributed by atoms with van der Waals surface area (Å²) in [5, 5.41) is 11.9. The van der Waals surface area contributed by atoms with Gasteiger partial charge in [-0.05, 0) is 12.5 Å². The first kappa shape index (κ1) is 12.0. The van der Waals surface area contributed by atoms with Gasteiger partial charge < -0.3 is 10.4 Å². The fourth-order valence-electron chi connectivity index (χ4n) is 1.59. The van der Waals surface area contributed by atoms with Gasteiger partial charge >= 0.3 is 5.97 Å². The van der Waals surface area contributed by atoms with Crippen molar-refractivity contribution in [1.82, 2.24) is 9.97 Å². The first-order valence-electron chi connectivity index (χ1n) is 5.53. The lowest BCUT2D eigenvalue weighted by Crippen LogP contribution is -2.10. The number of carbonyl (C=O) groups is 1. The lowest BCUT2D eigenvalue weighted by atomic mass is 10.1. The van der Waals surface area contributed by atoms with Crippen molar-refractivity contribution in [1.29, 1.82) is 0 Å².